The van der Waals surface area contributed by atoms with Crippen LogP contribution in [0.5, 0.6) is 0 Å². The molecule has 0 fully saturated rings. The molecule has 0 aromatic carbocycles. The fourth-order valence-electron chi connectivity index (χ4n) is 10.2. The average molecular weight is 1280 g/mol. The van der Waals surface area contributed by atoms with Crippen LogP contribution in [-0.4, -0.2) is 96.7 Å². The Morgan fingerprint density at radius 2 is 0.552 bits per heavy atom. The highest BCUT2D eigenvalue weighted by Gasteiger charge is 2.30. The molecule has 0 aromatic heterocycles. The summed E-state index contributed by atoms with van der Waals surface area (Å²) in [6, 6.07) is 0. The molecule has 0 aliphatic carbocycles. The molecule has 7 atom stereocenters. The Labute approximate surface area is 530 Å². The lowest BCUT2D eigenvalue weighted by Gasteiger charge is -2.21. The van der Waals surface area contributed by atoms with Crippen LogP contribution in [-0.2, 0) is 65.4 Å². The summed E-state index contributed by atoms with van der Waals surface area (Å²) in [4.78, 5) is 72.4. The van der Waals surface area contributed by atoms with E-state index in [-0.39, 0.29) is 25.7 Å². The number of hydrogen-bond donors (Lipinski definition) is 3. The maximum Gasteiger partial charge on any atom is 0.472 e. The SMILES string of the molecule is CCCCCCCCCCCCCCCCCCCC(=O)O[C@H](COC(=O)CCCCCCCCC(C)CC)COP(=O)(O)OC[C@@H](O)COP(=O)(O)OC[C@@H](COC(=O)CCCCCCCCCCCC)OC(=O)CCCCCCCCC(C)CC. The van der Waals surface area contributed by atoms with Crippen LogP contribution in [0.3, 0.4) is 0 Å². The van der Waals surface area contributed by atoms with Gasteiger partial charge in [0.25, 0.3) is 0 Å². The Balaban J connectivity index is 5.22. The highest BCUT2D eigenvalue weighted by atomic mass is 31.2. The van der Waals surface area contributed by atoms with E-state index in [4.69, 9.17) is 37.0 Å². The molecule has 4 unspecified atom stereocenters. The van der Waals surface area contributed by atoms with E-state index in [1.165, 1.54) is 154 Å². The lowest BCUT2D eigenvalue weighted by molar-refractivity contribution is -0.161. The maximum absolute atomic E-state index is 13.0. The number of hydrogen-bond acceptors (Lipinski definition) is 15. The molecule has 0 aliphatic heterocycles. The first-order chi connectivity index (χ1) is 41.9. The van der Waals surface area contributed by atoms with Gasteiger partial charge in [0.2, 0.25) is 0 Å². The van der Waals surface area contributed by atoms with E-state index in [9.17, 15) is 43.2 Å². The number of carbonyl (C=O) groups is 4. The van der Waals surface area contributed by atoms with Crippen molar-refractivity contribution in [2.75, 3.05) is 39.6 Å². The minimum Gasteiger partial charge on any atom is -0.462 e. The van der Waals surface area contributed by atoms with Gasteiger partial charge in [-0.15, -0.1) is 0 Å². The van der Waals surface area contributed by atoms with Crippen molar-refractivity contribution >= 4 is 39.5 Å². The molecule has 516 valence electrons. The monoisotopic (exact) mass is 1280 g/mol. The van der Waals surface area contributed by atoms with Gasteiger partial charge in [-0.25, -0.2) is 9.13 Å². The molecule has 0 aliphatic rings. The number of unbranched alkanes of at least 4 members (excludes halogenated alkanes) is 35. The van der Waals surface area contributed by atoms with E-state index in [0.29, 0.717) is 25.7 Å². The van der Waals surface area contributed by atoms with E-state index in [2.05, 4.69) is 41.5 Å². The third-order valence-electron chi connectivity index (χ3n) is 16.4. The maximum atomic E-state index is 13.0. The predicted octanol–water partition coefficient (Wildman–Crippen LogP) is 19.2. The van der Waals surface area contributed by atoms with Crippen LogP contribution in [0.1, 0.15) is 343 Å². The van der Waals surface area contributed by atoms with Crippen molar-refractivity contribution in [1.82, 2.24) is 0 Å². The molecule has 17 nitrogen and oxygen atoms in total. The van der Waals surface area contributed by atoms with Gasteiger partial charge in [-0.3, -0.25) is 37.3 Å². The van der Waals surface area contributed by atoms with Gasteiger partial charge in [0.1, 0.15) is 19.3 Å². The van der Waals surface area contributed by atoms with Crippen LogP contribution in [0.4, 0.5) is 0 Å². The van der Waals surface area contributed by atoms with Gasteiger partial charge in [0, 0.05) is 25.7 Å². The van der Waals surface area contributed by atoms with Gasteiger partial charge in [-0.2, -0.15) is 0 Å². The second-order valence-corrected chi connectivity index (χ2v) is 28.0. The molecule has 0 radical (unpaired) electrons. The Morgan fingerprint density at radius 1 is 0.322 bits per heavy atom. The van der Waals surface area contributed by atoms with Gasteiger partial charge in [-0.1, -0.05) is 292 Å². The van der Waals surface area contributed by atoms with Gasteiger partial charge in [0.05, 0.1) is 26.4 Å². The fourth-order valence-corrected chi connectivity index (χ4v) is 11.8. The second kappa shape index (κ2) is 60.3. The number of aliphatic hydroxyl groups is 1. The van der Waals surface area contributed by atoms with Crippen molar-refractivity contribution in [2.45, 2.75) is 362 Å². The third kappa shape index (κ3) is 60.1. The Bertz CT molecular complexity index is 1700. The average Bonchev–Trinajstić information content (AvgIpc) is 3.62. The molecule has 0 bridgehead atoms. The van der Waals surface area contributed by atoms with Gasteiger partial charge in [-0.05, 0) is 37.5 Å². The van der Waals surface area contributed by atoms with Gasteiger partial charge in [0.15, 0.2) is 12.2 Å². The van der Waals surface area contributed by atoms with Crippen molar-refractivity contribution in [1.29, 1.82) is 0 Å². The molecular weight excluding hydrogens is 1150 g/mol. The minimum atomic E-state index is -4.95. The third-order valence-corrected chi connectivity index (χ3v) is 18.3. The van der Waals surface area contributed by atoms with Crippen LogP contribution < -0.4 is 0 Å². The zero-order chi connectivity index (χ0) is 64.3. The normalized spacial score (nSPS) is 14.8. The van der Waals surface area contributed by atoms with Crippen molar-refractivity contribution in [3.05, 3.63) is 0 Å². The predicted molar refractivity (Wildman–Crippen MR) is 349 cm³/mol. The summed E-state index contributed by atoms with van der Waals surface area (Å²) in [5, 5.41) is 10.6. The number of carbonyl (C=O) groups excluding carboxylic acids is 4. The Kier molecular flexibility index (Phi) is 59.0. The Morgan fingerprint density at radius 3 is 0.816 bits per heavy atom. The van der Waals surface area contributed by atoms with E-state index < -0.39 is 97.5 Å². The molecular formula is C68H132O17P2. The summed E-state index contributed by atoms with van der Waals surface area (Å²) in [6.45, 7) is 9.44. The van der Waals surface area contributed by atoms with Gasteiger partial charge < -0.3 is 33.8 Å². The van der Waals surface area contributed by atoms with Crippen LogP contribution in [0, 0.1) is 11.8 Å². The van der Waals surface area contributed by atoms with Crippen LogP contribution in [0.15, 0.2) is 0 Å². The number of phosphoric ester groups is 2. The zero-order valence-corrected chi connectivity index (χ0v) is 58.1. The largest absolute Gasteiger partial charge is 0.472 e. The van der Waals surface area contributed by atoms with Crippen LogP contribution in [0.2, 0.25) is 0 Å². The molecule has 0 aromatic rings. The fraction of sp³-hybridized carbons (Fsp3) is 0.941. The van der Waals surface area contributed by atoms with E-state index in [1.807, 2.05) is 0 Å². The smallest absolute Gasteiger partial charge is 0.462 e. The topological polar surface area (TPSA) is 237 Å². The van der Waals surface area contributed by atoms with Crippen LogP contribution >= 0.6 is 15.6 Å². The van der Waals surface area contributed by atoms with Crippen molar-refractivity contribution in [3.63, 3.8) is 0 Å². The van der Waals surface area contributed by atoms with E-state index in [0.717, 1.165) is 108 Å². The highest BCUT2D eigenvalue weighted by Crippen LogP contribution is 2.45. The lowest BCUT2D eigenvalue weighted by Crippen LogP contribution is -2.30. The molecule has 0 spiro atoms. The quantitative estimate of drug-likeness (QED) is 0.0222. The lowest BCUT2D eigenvalue weighted by atomic mass is 10.00. The summed E-state index contributed by atoms with van der Waals surface area (Å²) >= 11 is 0. The molecule has 19 heteroatoms. The summed E-state index contributed by atoms with van der Waals surface area (Å²) in [7, 11) is -9.89. The highest BCUT2D eigenvalue weighted by molar-refractivity contribution is 7.47. The van der Waals surface area contributed by atoms with Gasteiger partial charge >= 0.3 is 39.5 Å². The number of ether oxygens (including phenoxy) is 4. The van der Waals surface area contributed by atoms with Crippen molar-refractivity contribution in [3.8, 4) is 0 Å². The molecule has 3 N–H and O–H groups in total. The molecule has 0 saturated heterocycles. The molecule has 0 rings (SSSR count). The number of esters is 4. The summed E-state index contributed by atoms with van der Waals surface area (Å²) in [5.41, 5.74) is 0. The molecule has 0 amide bonds. The number of rotatable bonds is 67. The Hall–Kier alpha value is -1.94. The standard InChI is InChI=1S/C68H132O17P2/c1-7-11-13-15-17-19-21-22-23-24-25-26-27-29-31-40-46-52-67(72)84-63(57-79-66(71)51-45-39-34-32-36-42-48-60(5)9-3)58-82-86(74,75)80-54-62(69)55-81-87(76,77)83-59-64(85-68(73)53-47-41-35-33-37-43-49-61(6)10-4)56-78-65(70)50-44-38-30-28-20-18-16-14-12-8-2/h60-64,69H,7-59H2,1-6H3,(H,74,75)(H,76,77)/t60?,61?,62-,63-,64-/m1/s1. The first-order valence-electron chi connectivity index (χ1n) is 35.6. The first kappa shape index (κ1) is 85.1. The number of phosphoric acid groups is 2. The zero-order valence-electron chi connectivity index (χ0n) is 56.3. The summed E-state index contributed by atoms with van der Waals surface area (Å²) in [6.07, 6.45) is 44.5. The van der Waals surface area contributed by atoms with Crippen LogP contribution in [0.25, 0.3) is 0 Å². The minimum absolute atomic E-state index is 0.103. The molecule has 0 heterocycles. The summed E-state index contributed by atoms with van der Waals surface area (Å²) < 4.78 is 68.1. The second-order valence-electron chi connectivity index (χ2n) is 25.0. The number of aliphatic hydroxyl groups excluding tert-OH is 1. The first-order valence-corrected chi connectivity index (χ1v) is 38.6. The molecule has 0 saturated carbocycles. The van der Waals surface area contributed by atoms with E-state index in [1.54, 1.807) is 0 Å². The van der Waals surface area contributed by atoms with Crippen molar-refractivity contribution in [2.24, 2.45) is 11.8 Å². The molecule has 87 heavy (non-hydrogen) atoms. The van der Waals surface area contributed by atoms with E-state index >= 15 is 0 Å². The summed E-state index contributed by atoms with van der Waals surface area (Å²) in [5.74, 6) is -0.680. The van der Waals surface area contributed by atoms with Crippen molar-refractivity contribution < 1.29 is 80.2 Å².